The van der Waals surface area contributed by atoms with Crippen molar-refractivity contribution in [2.75, 3.05) is 60.0 Å². The molecule has 7 nitrogen and oxygen atoms in total. The van der Waals surface area contributed by atoms with Crippen LogP contribution in [0.25, 0.3) is 0 Å². The maximum atomic E-state index is 11.7. The molecule has 0 bridgehead atoms. The van der Waals surface area contributed by atoms with Gasteiger partial charge in [-0.15, -0.1) is 35.3 Å². The van der Waals surface area contributed by atoms with Crippen LogP contribution < -0.4 is 10.6 Å². The number of carbonyl (C=O) groups is 1. The molecule has 2 rings (SSSR count). The maximum Gasteiger partial charge on any atom is 0.243 e. The van der Waals surface area contributed by atoms with Crippen molar-refractivity contribution in [3.63, 3.8) is 0 Å². The lowest BCUT2D eigenvalue weighted by Crippen LogP contribution is -2.44. The predicted molar refractivity (Wildman–Crippen MR) is 113 cm³/mol. The molecule has 142 valence electrons. The number of nitrogens with zero attached hydrogens (tertiary/aromatic N) is 3. The van der Waals surface area contributed by atoms with Gasteiger partial charge in [-0.25, -0.2) is 4.99 Å². The number of thiophene rings is 1. The van der Waals surface area contributed by atoms with E-state index in [9.17, 15) is 4.79 Å². The van der Waals surface area contributed by atoms with Crippen LogP contribution in [0.3, 0.4) is 0 Å². The summed E-state index contributed by atoms with van der Waals surface area (Å²) in [5.74, 6) is 0.660. The van der Waals surface area contributed by atoms with Gasteiger partial charge in [0.15, 0.2) is 5.96 Å². The normalized spacial score (nSPS) is 15.4. The van der Waals surface area contributed by atoms with Gasteiger partial charge in [-0.3, -0.25) is 9.69 Å². The van der Waals surface area contributed by atoms with Crippen molar-refractivity contribution in [2.24, 2.45) is 4.99 Å². The Morgan fingerprint density at radius 2 is 2.12 bits per heavy atom. The van der Waals surface area contributed by atoms with E-state index in [2.05, 4.69) is 32.0 Å². The Hall–Kier alpha value is -0.910. The fourth-order valence-corrected chi connectivity index (χ4v) is 2.85. The predicted octanol–water partition coefficient (Wildman–Crippen LogP) is 0.822. The van der Waals surface area contributed by atoms with Gasteiger partial charge in [0.25, 0.3) is 0 Å². The zero-order chi connectivity index (χ0) is 17.2. The monoisotopic (exact) mass is 481 g/mol. The summed E-state index contributed by atoms with van der Waals surface area (Å²) in [5, 5.41) is 8.65. The molecule has 1 amide bonds. The van der Waals surface area contributed by atoms with Gasteiger partial charge in [-0.1, -0.05) is 6.07 Å². The average molecular weight is 481 g/mol. The van der Waals surface area contributed by atoms with E-state index in [0.717, 1.165) is 39.4 Å². The van der Waals surface area contributed by atoms with Crippen molar-refractivity contribution >= 4 is 47.2 Å². The molecule has 0 radical (unpaired) electrons. The van der Waals surface area contributed by atoms with Crippen LogP contribution in [0.15, 0.2) is 22.5 Å². The lowest BCUT2D eigenvalue weighted by Gasteiger charge is -2.26. The number of amides is 1. The molecule has 1 fully saturated rings. The highest BCUT2D eigenvalue weighted by Gasteiger charge is 2.10. The number of hydrogen-bond acceptors (Lipinski definition) is 5. The van der Waals surface area contributed by atoms with Crippen molar-refractivity contribution in [3.8, 4) is 0 Å². The number of morpholine rings is 1. The number of likely N-dealkylation sites (N-methyl/N-ethyl adjacent to an activating group) is 1. The second-order valence-corrected chi connectivity index (χ2v) is 6.80. The van der Waals surface area contributed by atoms with Gasteiger partial charge in [-0.2, -0.15) is 0 Å². The molecule has 0 saturated carbocycles. The standard InChI is InChI=1S/C16H27N5O2S.HI/c1-20(2)15(22)13-19-16(18-12-14-4-3-11-24-14)17-5-6-21-7-9-23-10-8-21;/h3-4,11H,5-10,12-13H2,1-2H3,(H2,17,18,19);1H. The molecule has 1 aromatic rings. The van der Waals surface area contributed by atoms with Gasteiger partial charge in [0.05, 0.1) is 19.8 Å². The molecule has 0 aromatic carbocycles. The van der Waals surface area contributed by atoms with E-state index in [-0.39, 0.29) is 36.4 Å². The number of carbonyl (C=O) groups excluding carboxylic acids is 1. The van der Waals surface area contributed by atoms with E-state index < -0.39 is 0 Å². The van der Waals surface area contributed by atoms with Crippen LogP contribution in [0.2, 0.25) is 0 Å². The zero-order valence-electron chi connectivity index (χ0n) is 14.9. The third kappa shape index (κ3) is 8.84. The topological polar surface area (TPSA) is 69.2 Å². The number of ether oxygens (including phenoxy) is 1. The summed E-state index contributed by atoms with van der Waals surface area (Å²) < 4.78 is 5.36. The molecule has 0 unspecified atom stereocenters. The lowest BCUT2D eigenvalue weighted by molar-refractivity contribution is -0.127. The lowest BCUT2D eigenvalue weighted by atomic mass is 10.4. The first kappa shape index (κ1) is 22.1. The first-order valence-electron chi connectivity index (χ1n) is 8.20. The summed E-state index contributed by atoms with van der Waals surface area (Å²) in [6.07, 6.45) is 0. The van der Waals surface area contributed by atoms with E-state index in [1.807, 2.05) is 6.07 Å². The Balaban J connectivity index is 0.00000312. The highest BCUT2D eigenvalue weighted by atomic mass is 127. The molecule has 0 spiro atoms. The van der Waals surface area contributed by atoms with Crippen molar-refractivity contribution in [3.05, 3.63) is 22.4 Å². The minimum Gasteiger partial charge on any atom is -0.379 e. The summed E-state index contributed by atoms with van der Waals surface area (Å²) >= 11 is 1.70. The number of halogens is 1. The van der Waals surface area contributed by atoms with E-state index in [1.54, 1.807) is 30.3 Å². The zero-order valence-corrected chi connectivity index (χ0v) is 18.0. The smallest absolute Gasteiger partial charge is 0.243 e. The molecule has 2 N–H and O–H groups in total. The minimum absolute atomic E-state index is 0. The van der Waals surface area contributed by atoms with Gasteiger partial charge < -0.3 is 20.3 Å². The highest BCUT2D eigenvalue weighted by Crippen LogP contribution is 2.07. The average Bonchev–Trinajstić information content (AvgIpc) is 3.10. The Morgan fingerprint density at radius 3 is 2.76 bits per heavy atom. The number of guanidine groups is 1. The summed E-state index contributed by atoms with van der Waals surface area (Å²) in [7, 11) is 3.48. The molecule has 2 heterocycles. The second kappa shape index (κ2) is 12.4. The first-order chi connectivity index (χ1) is 11.6. The second-order valence-electron chi connectivity index (χ2n) is 5.77. The SMILES string of the molecule is CN(C)C(=O)CN=C(NCCN1CCOCC1)NCc1cccs1.I. The minimum atomic E-state index is -0.0135. The van der Waals surface area contributed by atoms with E-state index in [4.69, 9.17) is 4.74 Å². The molecular formula is C16H28IN5O2S. The molecule has 1 aliphatic rings. The van der Waals surface area contributed by atoms with Crippen LogP contribution >= 0.6 is 35.3 Å². The van der Waals surface area contributed by atoms with E-state index in [0.29, 0.717) is 12.5 Å². The summed E-state index contributed by atoms with van der Waals surface area (Å²) in [5.41, 5.74) is 0. The van der Waals surface area contributed by atoms with Crippen molar-refractivity contribution in [2.45, 2.75) is 6.54 Å². The van der Waals surface area contributed by atoms with Crippen molar-refractivity contribution < 1.29 is 9.53 Å². The molecular weight excluding hydrogens is 453 g/mol. The Bertz CT molecular complexity index is 519. The number of hydrogen-bond donors (Lipinski definition) is 2. The molecule has 25 heavy (non-hydrogen) atoms. The quantitative estimate of drug-likeness (QED) is 0.343. The van der Waals surface area contributed by atoms with Crippen molar-refractivity contribution in [1.82, 2.24) is 20.4 Å². The van der Waals surface area contributed by atoms with Crippen LogP contribution in [0.4, 0.5) is 0 Å². The molecule has 9 heteroatoms. The number of aliphatic imine (C=N–C) groups is 1. The van der Waals surface area contributed by atoms with Crippen LogP contribution in [0, 0.1) is 0 Å². The maximum absolute atomic E-state index is 11.7. The third-order valence-corrected chi connectivity index (χ3v) is 4.58. The van der Waals surface area contributed by atoms with Gasteiger partial charge >= 0.3 is 0 Å². The van der Waals surface area contributed by atoms with Crippen LogP contribution in [-0.2, 0) is 16.1 Å². The highest BCUT2D eigenvalue weighted by molar-refractivity contribution is 14.0. The van der Waals surface area contributed by atoms with Crippen LogP contribution in [0.5, 0.6) is 0 Å². The first-order valence-corrected chi connectivity index (χ1v) is 9.08. The fourth-order valence-electron chi connectivity index (χ4n) is 2.20. The van der Waals surface area contributed by atoms with E-state index >= 15 is 0 Å². The van der Waals surface area contributed by atoms with Crippen LogP contribution in [-0.4, -0.2) is 81.7 Å². The van der Waals surface area contributed by atoms with Crippen molar-refractivity contribution in [1.29, 1.82) is 0 Å². The van der Waals surface area contributed by atoms with Gasteiger partial charge in [0.1, 0.15) is 6.54 Å². The van der Waals surface area contributed by atoms with Crippen LogP contribution in [0.1, 0.15) is 4.88 Å². The Morgan fingerprint density at radius 1 is 1.36 bits per heavy atom. The number of nitrogens with one attached hydrogen (secondary N) is 2. The van der Waals surface area contributed by atoms with Gasteiger partial charge in [-0.05, 0) is 11.4 Å². The van der Waals surface area contributed by atoms with Gasteiger partial charge in [0, 0.05) is 45.2 Å². The molecule has 1 saturated heterocycles. The summed E-state index contributed by atoms with van der Waals surface area (Å²) in [4.78, 5) is 21.3. The molecule has 0 aliphatic carbocycles. The largest absolute Gasteiger partial charge is 0.379 e. The fraction of sp³-hybridized carbons (Fsp3) is 0.625. The summed E-state index contributed by atoms with van der Waals surface area (Å²) in [6.45, 7) is 6.11. The summed E-state index contributed by atoms with van der Waals surface area (Å²) in [6, 6.07) is 4.11. The Labute approximate surface area is 170 Å². The number of rotatable bonds is 7. The molecule has 1 aliphatic heterocycles. The van der Waals surface area contributed by atoms with Gasteiger partial charge in [0.2, 0.25) is 5.91 Å². The molecule has 1 aromatic heterocycles. The van der Waals surface area contributed by atoms with E-state index in [1.165, 1.54) is 4.88 Å². The molecule has 0 atom stereocenters. The Kier molecular flexibility index (Phi) is 11.0. The third-order valence-electron chi connectivity index (χ3n) is 3.71.